The Morgan fingerprint density at radius 1 is 0.929 bits per heavy atom. The molecule has 0 aliphatic heterocycles. The van der Waals surface area contributed by atoms with Gasteiger partial charge in [0.25, 0.3) is 0 Å². The number of halogens is 1. The van der Waals surface area contributed by atoms with Gasteiger partial charge in [-0.3, -0.25) is 0 Å². The quantitative estimate of drug-likeness (QED) is 0.424. The van der Waals surface area contributed by atoms with Gasteiger partial charge in [0.15, 0.2) is 0 Å². The predicted octanol–water partition coefficient (Wildman–Crippen LogP) is 7.30. The van der Waals surface area contributed by atoms with Crippen molar-refractivity contribution < 1.29 is 4.74 Å². The van der Waals surface area contributed by atoms with Crippen molar-refractivity contribution in [2.45, 2.75) is 38.5 Å². The van der Waals surface area contributed by atoms with Crippen molar-refractivity contribution >= 4 is 11.6 Å². The van der Waals surface area contributed by atoms with Crippen LogP contribution in [0.25, 0.3) is 0 Å². The maximum absolute atomic E-state index is 8.96. The topological polar surface area (TPSA) is 33.0 Å². The van der Waals surface area contributed by atoms with Crippen LogP contribution < -0.4 is 4.74 Å². The molecule has 3 aromatic carbocycles. The number of nitrogens with zero attached hydrogens (tertiary/aromatic N) is 1. The fourth-order valence-electron chi connectivity index (χ4n) is 3.28. The van der Waals surface area contributed by atoms with E-state index in [4.69, 9.17) is 21.6 Å². The van der Waals surface area contributed by atoms with Crippen LogP contribution in [0, 0.1) is 11.3 Å². The van der Waals surface area contributed by atoms with E-state index in [1.165, 1.54) is 11.1 Å². The standard InChI is InChI=1S/C25H24ClNO/c1-25(2,21-10-8-20(18-27)9-11-21)16-4-6-19-5-3-7-24(17-19)28-23-14-12-22(26)13-15-23/h3,5,7-15,17H,4,6,16H2,1-2H3. The summed E-state index contributed by atoms with van der Waals surface area (Å²) in [6.07, 6.45) is 3.15. The molecular formula is C25H24ClNO. The number of nitriles is 1. The van der Waals surface area contributed by atoms with E-state index in [2.05, 4.69) is 44.2 Å². The Labute approximate surface area is 172 Å². The Hall–Kier alpha value is -2.76. The highest BCUT2D eigenvalue weighted by molar-refractivity contribution is 6.30. The molecule has 2 nitrogen and oxygen atoms in total. The van der Waals surface area contributed by atoms with E-state index in [-0.39, 0.29) is 5.41 Å². The van der Waals surface area contributed by atoms with Gasteiger partial charge in [-0.05, 0) is 84.3 Å². The third kappa shape index (κ3) is 5.38. The summed E-state index contributed by atoms with van der Waals surface area (Å²) in [5.41, 5.74) is 3.32. The van der Waals surface area contributed by atoms with Gasteiger partial charge < -0.3 is 4.74 Å². The van der Waals surface area contributed by atoms with Crippen molar-refractivity contribution in [3.63, 3.8) is 0 Å². The molecule has 0 spiro atoms. The maximum atomic E-state index is 8.96. The number of benzene rings is 3. The SMILES string of the molecule is CC(C)(CCCc1cccc(Oc2ccc(Cl)cc2)c1)c1ccc(C#N)cc1. The van der Waals surface area contributed by atoms with E-state index in [0.717, 1.165) is 30.8 Å². The van der Waals surface area contributed by atoms with E-state index in [0.29, 0.717) is 10.6 Å². The highest BCUT2D eigenvalue weighted by atomic mass is 35.5. The highest BCUT2D eigenvalue weighted by Crippen LogP contribution is 2.30. The zero-order valence-electron chi connectivity index (χ0n) is 16.3. The van der Waals surface area contributed by atoms with Crippen molar-refractivity contribution in [2.75, 3.05) is 0 Å². The monoisotopic (exact) mass is 389 g/mol. The van der Waals surface area contributed by atoms with Crippen molar-refractivity contribution in [3.8, 4) is 17.6 Å². The van der Waals surface area contributed by atoms with Crippen LogP contribution in [0.2, 0.25) is 5.02 Å². The molecule has 28 heavy (non-hydrogen) atoms. The van der Waals surface area contributed by atoms with Gasteiger partial charge in [0, 0.05) is 5.02 Å². The molecule has 0 aliphatic carbocycles. The first-order chi connectivity index (χ1) is 13.5. The second kappa shape index (κ2) is 8.95. The number of ether oxygens (including phenoxy) is 1. The third-order valence-electron chi connectivity index (χ3n) is 5.01. The van der Waals surface area contributed by atoms with Crippen LogP contribution in [0.3, 0.4) is 0 Å². The maximum Gasteiger partial charge on any atom is 0.127 e. The van der Waals surface area contributed by atoms with Gasteiger partial charge in [-0.1, -0.05) is 49.7 Å². The highest BCUT2D eigenvalue weighted by Gasteiger charge is 2.20. The number of hydrogen-bond donors (Lipinski definition) is 0. The lowest BCUT2D eigenvalue weighted by atomic mass is 9.79. The van der Waals surface area contributed by atoms with Gasteiger partial charge in [-0.2, -0.15) is 5.26 Å². The largest absolute Gasteiger partial charge is 0.457 e. The first-order valence-corrected chi connectivity index (χ1v) is 9.87. The predicted molar refractivity (Wildman–Crippen MR) is 115 cm³/mol. The van der Waals surface area contributed by atoms with E-state index in [1.54, 1.807) is 0 Å². The van der Waals surface area contributed by atoms with Gasteiger partial charge >= 0.3 is 0 Å². The minimum atomic E-state index is 0.0748. The Morgan fingerprint density at radius 2 is 1.64 bits per heavy atom. The first-order valence-electron chi connectivity index (χ1n) is 9.49. The summed E-state index contributed by atoms with van der Waals surface area (Å²) in [6, 6.07) is 25.7. The van der Waals surface area contributed by atoms with Crippen molar-refractivity contribution in [1.29, 1.82) is 5.26 Å². The average molecular weight is 390 g/mol. The fraction of sp³-hybridized carbons (Fsp3) is 0.240. The molecule has 0 unspecified atom stereocenters. The Balaban J connectivity index is 1.58. The van der Waals surface area contributed by atoms with Gasteiger partial charge in [0.05, 0.1) is 11.6 Å². The normalized spacial score (nSPS) is 11.1. The summed E-state index contributed by atoms with van der Waals surface area (Å²) >= 11 is 5.92. The number of rotatable bonds is 7. The second-order valence-electron chi connectivity index (χ2n) is 7.63. The molecule has 0 heterocycles. The van der Waals surface area contributed by atoms with E-state index in [9.17, 15) is 0 Å². The van der Waals surface area contributed by atoms with Crippen LogP contribution in [0.15, 0.2) is 72.8 Å². The van der Waals surface area contributed by atoms with Crippen LogP contribution in [-0.4, -0.2) is 0 Å². The molecule has 3 heteroatoms. The Kier molecular flexibility index (Phi) is 6.39. The molecule has 0 N–H and O–H groups in total. The molecule has 0 atom stereocenters. The molecule has 3 rings (SSSR count). The lowest BCUT2D eigenvalue weighted by Crippen LogP contribution is -2.17. The first kappa shape index (κ1) is 20.0. The second-order valence-corrected chi connectivity index (χ2v) is 8.07. The molecule has 0 saturated heterocycles. The summed E-state index contributed by atoms with van der Waals surface area (Å²) in [6.45, 7) is 4.52. The van der Waals surface area contributed by atoms with Gasteiger partial charge in [0.2, 0.25) is 0 Å². The van der Waals surface area contributed by atoms with E-state index >= 15 is 0 Å². The molecule has 3 aromatic rings. The van der Waals surface area contributed by atoms with Crippen LogP contribution in [-0.2, 0) is 11.8 Å². The van der Waals surface area contributed by atoms with Crippen LogP contribution in [0.5, 0.6) is 11.5 Å². The minimum absolute atomic E-state index is 0.0748. The molecule has 0 bridgehead atoms. The smallest absolute Gasteiger partial charge is 0.127 e. The number of hydrogen-bond acceptors (Lipinski definition) is 2. The van der Waals surface area contributed by atoms with Crippen LogP contribution >= 0.6 is 11.6 Å². The third-order valence-corrected chi connectivity index (χ3v) is 5.26. The fourth-order valence-corrected chi connectivity index (χ4v) is 3.40. The summed E-state index contributed by atoms with van der Waals surface area (Å²) in [5, 5.41) is 9.66. The van der Waals surface area contributed by atoms with Crippen LogP contribution in [0.1, 0.15) is 43.4 Å². The molecule has 0 radical (unpaired) electrons. The van der Waals surface area contributed by atoms with Crippen LogP contribution in [0.4, 0.5) is 0 Å². The van der Waals surface area contributed by atoms with Gasteiger partial charge in [-0.15, -0.1) is 0 Å². The van der Waals surface area contributed by atoms with Gasteiger partial charge in [0.1, 0.15) is 11.5 Å². The van der Waals surface area contributed by atoms with E-state index < -0.39 is 0 Å². The lowest BCUT2D eigenvalue weighted by Gasteiger charge is -2.25. The zero-order chi connectivity index (χ0) is 20.0. The molecule has 0 aliphatic rings. The molecule has 0 fully saturated rings. The lowest BCUT2D eigenvalue weighted by molar-refractivity contribution is 0.460. The summed E-state index contributed by atoms with van der Waals surface area (Å²) in [4.78, 5) is 0. The van der Waals surface area contributed by atoms with Gasteiger partial charge in [-0.25, -0.2) is 0 Å². The average Bonchev–Trinajstić information content (AvgIpc) is 2.70. The minimum Gasteiger partial charge on any atom is -0.457 e. The Bertz CT molecular complexity index is 953. The summed E-state index contributed by atoms with van der Waals surface area (Å²) in [7, 11) is 0. The molecular weight excluding hydrogens is 366 g/mol. The summed E-state index contributed by atoms with van der Waals surface area (Å²) in [5.74, 6) is 1.62. The zero-order valence-corrected chi connectivity index (χ0v) is 17.0. The Morgan fingerprint density at radius 3 is 2.32 bits per heavy atom. The van der Waals surface area contributed by atoms with Crippen molar-refractivity contribution in [2.24, 2.45) is 0 Å². The van der Waals surface area contributed by atoms with Crippen molar-refractivity contribution in [1.82, 2.24) is 0 Å². The molecule has 0 aromatic heterocycles. The molecule has 0 amide bonds. The summed E-state index contributed by atoms with van der Waals surface area (Å²) < 4.78 is 5.93. The molecule has 0 saturated carbocycles. The number of aryl methyl sites for hydroxylation is 1. The van der Waals surface area contributed by atoms with Crippen molar-refractivity contribution in [3.05, 3.63) is 94.5 Å². The molecule has 142 valence electrons. The van der Waals surface area contributed by atoms with E-state index in [1.807, 2.05) is 48.5 Å².